The van der Waals surface area contributed by atoms with Crippen LogP contribution in [-0.4, -0.2) is 31.6 Å². The van der Waals surface area contributed by atoms with Crippen LogP contribution in [0, 0.1) is 0 Å². The highest BCUT2D eigenvalue weighted by atomic mass is 16.3. The minimum Gasteiger partial charge on any atom is -0.468 e. The lowest BCUT2D eigenvalue weighted by atomic mass is 10.1. The fourth-order valence-corrected chi connectivity index (χ4v) is 2.71. The molecule has 5 nitrogen and oxygen atoms in total. The van der Waals surface area contributed by atoms with Gasteiger partial charge in [-0.1, -0.05) is 36.4 Å². The summed E-state index contributed by atoms with van der Waals surface area (Å²) in [6.07, 6.45) is 1.64. The summed E-state index contributed by atoms with van der Waals surface area (Å²) < 4.78 is 5.45. The van der Waals surface area contributed by atoms with Crippen LogP contribution in [0.5, 0.6) is 0 Å². The van der Waals surface area contributed by atoms with Crippen molar-refractivity contribution in [1.82, 2.24) is 10.2 Å². The third-order valence-corrected chi connectivity index (χ3v) is 3.99. The molecule has 1 aromatic heterocycles. The highest BCUT2D eigenvalue weighted by molar-refractivity contribution is 6.01. The first-order valence-corrected chi connectivity index (χ1v) is 7.87. The van der Waals surface area contributed by atoms with Crippen LogP contribution in [-0.2, 0) is 0 Å². The molecule has 0 saturated carbocycles. The van der Waals surface area contributed by atoms with Crippen LogP contribution < -0.4 is 10.6 Å². The number of rotatable bonds is 5. The zero-order valence-electron chi connectivity index (χ0n) is 13.8. The Balaban J connectivity index is 1.67. The molecule has 2 amide bonds. The zero-order valence-corrected chi connectivity index (χ0v) is 13.8. The molecule has 2 aromatic carbocycles. The van der Waals surface area contributed by atoms with E-state index in [1.807, 2.05) is 73.6 Å². The number of furan rings is 1. The van der Waals surface area contributed by atoms with E-state index < -0.39 is 0 Å². The summed E-state index contributed by atoms with van der Waals surface area (Å²) in [7, 11) is 3.91. The van der Waals surface area contributed by atoms with Crippen molar-refractivity contribution in [1.29, 1.82) is 0 Å². The molecule has 0 radical (unpaired) electrons. The second-order valence-corrected chi connectivity index (χ2v) is 5.86. The minimum atomic E-state index is -0.232. The number of hydrogen-bond acceptors (Lipinski definition) is 3. The van der Waals surface area contributed by atoms with Gasteiger partial charge in [-0.2, -0.15) is 0 Å². The summed E-state index contributed by atoms with van der Waals surface area (Å²) >= 11 is 0. The normalized spacial score (nSPS) is 12.3. The van der Waals surface area contributed by atoms with Gasteiger partial charge in [0.15, 0.2) is 0 Å². The lowest BCUT2D eigenvalue weighted by Gasteiger charge is -2.22. The van der Waals surface area contributed by atoms with Gasteiger partial charge in [-0.3, -0.25) is 4.90 Å². The molecule has 2 N–H and O–H groups in total. The SMILES string of the molecule is CN(C)C(CNC(=O)Nc1cccc2ccccc12)c1ccco1. The maximum atomic E-state index is 12.3. The third-order valence-electron chi connectivity index (χ3n) is 3.99. The zero-order chi connectivity index (χ0) is 16.9. The maximum Gasteiger partial charge on any atom is 0.319 e. The average molecular weight is 323 g/mol. The maximum absolute atomic E-state index is 12.3. The van der Waals surface area contributed by atoms with E-state index in [-0.39, 0.29) is 12.1 Å². The molecule has 0 aliphatic carbocycles. The monoisotopic (exact) mass is 323 g/mol. The molecule has 0 fully saturated rings. The topological polar surface area (TPSA) is 57.5 Å². The molecule has 0 spiro atoms. The van der Waals surface area contributed by atoms with Crippen molar-refractivity contribution in [2.75, 3.05) is 26.0 Å². The molecule has 1 unspecified atom stereocenters. The summed E-state index contributed by atoms with van der Waals surface area (Å²) in [6.45, 7) is 0.455. The summed E-state index contributed by atoms with van der Waals surface area (Å²) in [5.41, 5.74) is 0.796. The molecule has 24 heavy (non-hydrogen) atoms. The number of hydrogen-bond donors (Lipinski definition) is 2. The van der Waals surface area contributed by atoms with Crippen molar-refractivity contribution in [2.24, 2.45) is 0 Å². The van der Waals surface area contributed by atoms with E-state index in [9.17, 15) is 4.79 Å². The highest BCUT2D eigenvalue weighted by Gasteiger charge is 2.17. The summed E-state index contributed by atoms with van der Waals surface area (Å²) in [4.78, 5) is 14.3. The van der Waals surface area contributed by atoms with E-state index in [0.29, 0.717) is 6.54 Å². The lowest BCUT2D eigenvalue weighted by Crippen LogP contribution is -2.36. The van der Waals surface area contributed by atoms with Crippen LogP contribution in [0.2, 0.25) is 0 Å². The highest BCUT2D eigenvalue weighted by Crippen LogP contribution is 2.23. The average Bonchev–Trinajstić information content (AvgIpc) is 3.09. The standard InChI is InChI=1S/C19H21N3O2/c1-22(2)17(18-11-6-12-24-18)13-20-19(23)21-16-10-5-8-14-7-3-4-9-15(14)16/h3-12,17H,13H2,1-2H3,(H2,20,21,23). The quantitative estimate of drug-likeness (QED) is 0.749. The molecule has 124 valence electrons. The molecule has 0 saturated heterocycles. The summed E-state index contributed by atoms with van der Waals surface area (Å²) in [6, 6.07) is 17.3. The van der Waals surface area contributed by atoms with E-state index in [0.717, 1.165) is 22.2 Å². The van der Waals surface area contributed by atoms with E-state index in [2.05, 4.69) is 10.6 Å². The van der Waals surface area contributed by atoms with Crippen LogP contribution >= 0.6 is 0 Å². The molecular formula is C19H21N3O2. The van der Waals surface area contributed by atoms with E-state index in [4.69, 9.17) is 4.42 Å². The van der Waals surface area contributed by atoms with Gasteiger partial charge in [0.05, 0.1) is 18.0 Å². The lowest BCUT2D eigenvalue weighted by molar-refractivity contribution is 0.233. The van der Waals surface area contributed by atoms with Crippen LogP contribution in [0.25, 0.3) is 10.8 Å². The fraction of sp³-hybridized carbons (Fsp3) is 0.211. The number of nitrogens with one attached hydrogen (secondary N) is 2. The molecule has 3 rings (SSSR count). The third kappa shape index (κ3) is 3.58. The second-order valence-electron chi connectivity index (χ2n) is 5.86. The number of anilines is 1. The van der Waals surface area contributed by atoms with Crippen LogP contribution in [0.3, 0.4) is 0 Å². The summed E-state index contributed by atoms with van der Waals surface area (Å²) in [5.74, 6) is 0.825. The second kappa shape index (κ2) is 7.19. The first kappa shape index (κ1) is 16.1. The Morgan fingerprint density at radius 3 is 2.62 bits per heavy atom. The number of fused-ring (bicyclic) bond motifs is 1. The fourth-order valence-electron chi connectivity index (χ4n) is 2.71. The Hall–Kier alpha value is -2.79. The number of likely N-dealkylation sites (N-methyl/N-ethyl adjacent to an activating group) is 1. The predicted octanol–water partition coefficient (Wildman–Crippen LogP) is 3.86. The smallest absolute Gasteiger partial charge is 0.319 e. The van der Waals surface area contributed by atoms with Gasteiger partial charge in [0.2, 0.25) is 0 Å². The number of benzene rings is 2. The molecule has 1 atom stereocenters. The van der Waals surface area contributed by atoms with Gasteiger partial charge in [0, 0.05) is 11.9 Å². The van der Waals surface area contributed by atoms with Gasteiger partial charge in [0.25, 0.3) is 0 Å². The largest absolute Gasteiger partial charge is 0.468 e. The molecule has 3 aromatic rings. The number of carbonyl (C=O) groups excluding carboxylic acids is 1. The molecule has 5 heteroatoms. The van der Waals surface area contributed by atoms with Crippen molar-refractivity contribution < 1.29 is 9.21 Å². The molecule has 1 heterocycles. The molecule has 0 aliphatic heterocycles. The Morgan fingerprint density at radius 2 is 1.88 bits per heavy atom. The Kier molecular flexibility index (Phi) is 4.82. The Morgan fingerprint density at radius 1 is 1.08 bits per heavy atom. The number of amides is 2. The van der Waals surface area contributed by atoms with Gasteiger partial charge in [0.1, 0.15) is 5.76 Å². The van der Waals surface area contributed by atoms with Crippen LogP contribution in [0.4, 0.5) is 10.5 Å². The van der Waals surface area contributed by atoms with Crippen molar-refractivity contribution >= 4 is 22.5 Å². The first-order valence-electron chi connectivity index (χ1n) is 7.87. The van der Waals surface area contributed by atoms with Crippen molar-refractivity contribution in [3.05, 3.63) is 66.6 Å². The molecule has 0 bridgehead atoms. The molecular weight excluding hydrogens is 302 g/mol. The van der Waals surface area contributed by atoms with Crippen molar-refractivity contribution in [3.63, 3.8) is 0 Å². The van der Waals surface area contributed by atoms with Crippen LogP contribution in [0.1, 0.15) is 11.8 Å². The van der Waals surface area contributed by atoms with Crippen molar-refractivity contribution in [3.8, 4) is 0 Å². The summed E-state index contributed by atoms with van der Waals surface area (Å²) in [5, 5.41) is 7.95. The van der Waals surface area contributed by atoms with Crippen LogP contribution in [0.15, 0.2) is 65.3 Å². The van der Waals surface area contributed by atoms with E-state index in [1.54, 1.807) is 6.26 Å². The predicted molar refractivity (Wildman–Crippen MR) is 96.1 cm³/mol. The van der Waals surface area contributed by atoms with Crippen molar-refractivity contribution in [2.45, 2.75) is 6.04 Å². The number of nitrogens with zero attached hydrogens (tertiary/aromatic N) is 1. The molecule has 0 aliphatic rings. The van der Waals surface area contributed by atoms with Gasteiger partial charge >= 0.3 is 6.03 Å². The van der Waals surface area contributed by atoms with E-state index >= 15 is 0 Å². The minimum absolute atomic E-state index is 0.0155. The van der Waals surface area contributed by atoms with Gasteiger partial charge < -0.3 is 15.1 Å². The Bertz CT molecular complexity index is 807. The van der Waals surface area contributed by atoms with Gasteiger partial charge in [-0.25, -0.2) is 4.79 Å². The Labute approximate surface area is 141 Å². The van der Waals surface area contributed by atoms with Gasteiger partial charge in [-0.15, -0.1) is 0 Å². The van der Waals surface area contributed by atoms with E-state index in [1.165, 1.54) is 0 Å². The van der Waals surface area contributed by atoms with Gasteiger partial charge in [-0.05, 0) is 37.7 Å². The number of urea groups is 1. The first-order chi connectivity index (χ1) is 11.6. The number of carbonyl (C=O) groups is 1.